The van der Waals surface area contributed by atoms with Crippen LogP contribution in [0.3, 0.4) is 0 Å². The van der Waals surface area contributed by atoms with Crippen molar-refractivity contribution in [3.8, 4) is 11.5 Å². The lowest BCUT2D eigenvalue weighted by atomic mass is 9.89. The third-order valence-corrected chi connectivity index (χ3v) is 5.23. The van der Waals surface area contributed by atoms with Gasteiger partial charge in [-0.2, -0.15) is 13.2 Å². The van der Waals surface area contributed by atoms with E-state index in [4.69, 9.17) is 4.42 Å². The van der Waals surface area contributed by atoms with Crippen molar-refractivity contribution >= 4 is 5.91 Å². The minimum absolute atomic E-state index is 0.147. The summed E-state index contributed by atoms with van der Waals surface area (Å²) in [5.74, 6) is 0.390. The van der Waals surface area contributed by atoms with Gasteiger partial charge in [0, 0.05) is 12.1 Å². The van der Waals surface area contributed by atoms with Gasteiger partial charge in [-0.15, -0.1) is 10.2 Å². The molecule has 0 aliphatic carbocycles. The number of rotatable bonds is 4. The highest BCUT2D eigenvalue weighted by Gasteiger charge is 2.44. The molecule has 1 fully saturated rings. The van der Waals surface area contributed by atoms with Crippen molar-refractivity contribution in [2.75, 3.05) is 6.54 Å². The maximum Gasteiger partial charge on any atom is 0.416 e. The average Bonchev–Trinajstić information content (AvgIpc) is 3.30. The number of carbonyl (C=O) groups is 1. The van der Waals surface area contributed by atoms with Crippen LogP contribution in [0, 0.1) is 0 Å². The summed E-state index contributed by atoms with van der Waals surface area (Å²) in [6.07, 6.45) is -3.39. The summed E-state index contributed by atoms with van der Waals surface area (Å²) in [5, 5.41) is 11.0. The van der Waals surface area contributed by atoms with Gasteiger partial charge in [-0.1, -0.05) is 30.3 Å². The first-order valence-electron chi connectivity index (χ1n) is 9.14. The number of halogens is 3. The number of alkyl halides is 3. The van der Waals surface area contributed by atoms with Crippen molar-refractivity contribution in [2.45, 2.75) is 31.4 Å². The molecule has 1 N–H and O–H groups in total. The molecule has 8 heteroatoms. The molecule has 0 spiro atoms. The van der Waals surface area contributed by atoms with Gasteiger partial charge in [0.15, 0.2) is 0 Å². The van der Waals surface area contributed by atoms with Crippen LogP contribution in [-0.4, -0.2) is 22.6 Å². The van der Waals surface area contributed by atoms with Crippen molar-refractivity contribution in [3.63, 3.8) is 0 Å². The third-order valence-electron chi connectivity index (χ3n) is 5.23. The summed E-state index contributed by atoms with van der Waals surface area (Å²) in [6.45, 7) is 2.32. The van der Waals surface area contributed by atoms with Gasteiger partial charge in [-0.25, -0.2) is 0 Å². The Morgan fingerprint density at radius 2 is 1.83 bits per heavy atom. The first kappa shape index (κ1) is 19.2. The van der Waals surface area contributed by atoms with Crippen molar-refractivity contribution in [3.05, 3.63) is 71.1 Å². The molecule has 5 nitrogen and oxygen atoms in total. The number of amides is 1. The summed E-state index contributed by atoms with van der Waals surface area (Å²) in [5.41, 5.74) is 0.719. The van der Waals surface area contributed by atoms with Gasteiger partial charge in [0.1, 0.15) is 5.41 Å². The smallest absolute Gasteiger partial charge is 0.416 e. The number of hydrogen-bond acceptors (Lipinski definition) is 4. The summed E-state index contributed by atoms with van der Waals surface area (Å²) < 4.78 is 44.1. The fourth-order valence-electron chi connectivity index (χ4n) is 3.41. The van der Waals surface area contributed by atoms with E-state index in [-0.39, 0.29) is 17.7 Å². The zero-order chi connectivity index (χ0) is 20.6. The molecule has 0 radical (unpaired) electrons. The van der Waals surface area contributed by atoms with Crippen LogP contribution in [0.5, 0.6) is 0 Å². The predicted octanol–water partition coefficient (Wildman–Crippen LogP) is 4.12. The van der Waals surface area contributed by atoms with Crippen LogP contribution in [0.15, 0.2) is 52.9 Å². The summed E-state index contributed by atoms with van der Waals surface area (Å²) >= 11 is 0. The Bertz CT molecular complexity index is 1040. The number of nitrogens with zero attached hydrogens (tertiary/aromatic N) is 2. The van der Waals surface area contributed by atoms with Gasteiger partial charge in [-0.3, -0.25) is 4.79 Å². The molecule has 0 bridgehead atoms. The largest absolute Gasteiger partial charge is 0.420 e. The van der Waals surface area contributed by atoms with Crippen LogP contribution in [0.2, 0.25) is 0 Å². The molecule has 29 heavy (non-hydrogen) atoms. The molecule has 1 aliphatic rings. The maximum absolute atomic E-state index is 12.8. The van der Waals surface area contributed by atoms with Crippen LogP contribution < -0.4 is 5.32 Å². The molecule has 0 saturated carbocycles. The Kier molecular flexibility index (Phi) is 4.64. The van der Waals surface area contributed by atoms with E-state index >= 15 is 0 Å². The van der Waals surface area contributed by atoms with Crippen molar-refractivity contribution in [2.24, 2.45) is 0 Å². The van der Waals surface area contributed by atoms with Crippen LogP contribution in [0.1, 0.15) is 35.9 Å². The molecule has 4 rings (SSSR count). The van der Waals surface area contributed by atoms with E-state index in [2.05, 4.69) is 15.5 Å². The van der Waals surface area contributed by atoms with E-state index in [1.165, 1.54) is 12.1 Å². The zero-order valence-corrected chi connectivity index (χ0v) is 15.6. The highest BCUT2D eigenvalue weighted by Crippen LogP contribution is 2.34. The van der Waals surface area contributed by atoms with Crippen molar-refractivity contribution in [1.82, 2.24) is 15.5 Å². The quantitative estimate of drug-likeness (QED) is 0.714. The predicted molar refractivity (Wildman–Crippen MR) is 99.0 cm³/mol. The van der Waals surface area contributed by atoms with Crippen LogP contribution in [0.4, 0.5) is 13.2 Å². The SMILES string of the molecule is CC1(c2nnc(-c3ccccc3Cc3ccc(C(F)(F)F)cc3)o2)CCNC1=O. The fourth-order valence-corrected chi connectivity index (χ4v) is 3.41. The van der Waals surface area contributed by atoms with Crippen LogP contribution in [0.25, 0.3) is 11.5 Å². The Labute approximate surface area is 165 Å². The molecule has 1 unspecified atom stereocenters. The summed E-state index contributed by atoms with van der Waals surface area (Å²) in [7, 11) is 0. The van der Waals surface area contributed by atoms with Crippen molar-refractivity contribution in [1.29, 1.82) is 0 Å². The molecule has 2 heterocycles. The average molecular weight is 401 g/mol. The van der Waals surface area contributed by atoms with Crippen LogP contribution >= 0.6 is 0 Å². The molecule has 2 aromatic carbocycles. The number of benzene rings is 2. The molecule has 1 amide bonds. The molecular weight excluding hydrogens is 383 g/mol. The maximum atomic E-state index is 12.8. The highest BCUT2D eigenvalue weighted by atomic mass is 19.4. The molecule has 1 aromatic heterocycles. The summed E-state index contributed by atoms with van der Waals surface area (Å²) in [4.78, 5) is 12.1. The highest BCUT2D eigenvalue weighted by molar-refractivity contribution is 5.88. The Morgan fingerprint density at radius 1 is 1.10 bits per heavy atom. The lowest BCUT2D eigenvalue weighted by molar-refractivity contribution is -0.137. The topological polar surface area (TPSA) is 68.0 Å². The first-order chi connectivity index (χ1) is 13.8. The minimum Gasteiger partial charge on any atom is -0.420 e. The molecule has 150 valence electrons. The molecule has 1 saturated heterocycles. The first-order valence-corrected chi connectivity index (χ1v) is 9.14. The summed E-state index contributed by atoms with van der Waals surface area (Å²) in [6, 6.07) is 12.4. The van der Waals surface area contributed by atoms with E-state index in [1.54, 1.807) is 6.92 Å². The van der Waals surface area contributed by atoms with E-state index in [0.717, 1.165) is 23.3 Å². The number of nitrogens with one attached hydrogen (secondary N) is 1. The fraction of sp³-hybridized carbons (Fsp3) is 0.286. The Hall–Kier alpha value is -3.16. The molecule has 1 atom stereocenters. The number of aromatic nitrogens is 2. The van der Waals surface area contributed by atoms with Gasteiger partial charge < -0.3 is 9.73 Å². The number of hydrogen-bond donors (Lipinski definition) is 1. The molecule has 3 aromatic rings. The second-order valence-corrected chi connectivity index (χ2v) is 7.28. The van der Waals surface area contributed by atoms with Gasteiger partial charge >= 0.3 is 6.18 Å². The zero-order valence-electron chi connectivity index (χ0n) is 15.6. The van der Waals surface area contributed by atoms with E-state index in [9.17, 15) is 18.0 Å². The van der Waals surface area contributed by atoms with E-state index in [0.29, 0.717) is 24.9 Å². The lowest BCUT2D eigenvalue weighted by Crippen LogP contribution is -2.32. The van der Waals surface area contributed by atoms with Crippen LogP contribution in [-0.2, 0) is 22.8 Å². The second kappa shape index (κ2) is 7.02. The van der Waals surface area contributed by atoms with Gasteiger partial charge in [0.05, 0.1) is 5.56 Å². The molecule has 1 aliphatic heterocycles. The number of carbonyl (C=O) groups excluding carboxylic acids is 1. The third kappa shape index (κ3) is 3.62. The van der Waals surface area contributed by atoms with Crippen molar-refractivity contribution < 1.29 is 22.4 Å². The standard InChI is InChI=1S/C21H18F3N3O2/c1-20(10-11-25-18(20)28)19-27-26-17(29-19)16-5-3-2-4-14(16)12-13-6-8-15(9-7-13)21(22,23)24/h2-9H,10-12H2,1H3,(H,25,28). The lowest BCUT2D eigenvalue weighted by Gasteiger charge is -2.14. The minimum atomic E-state index is -4.36. The normalized spacial score (nSPS) is 19.4. The monoisotopic (exact) mass is 401 g/mol. The molecular formula is C21H18F3N3O2. The second-order valence-electron chi connectivity index (χ2n) is 7.28. The Morgan fingerprint density at radius 3 is 2.48 bits per heavy atom. The van der Waals surface area contributed by atoms with E-state index < -0.39 is 17.2 Å². The van der Waals surface area contributed by atoms with Gasteiger partial charge in [0.25, 0.3) is 0 Å². The Balaban J connectivity index is 1.62. The van der Waals surface area contributed by atoms with Gasteiger partial charge in [0.2, 0.25) is 17.7 Å². The van der Waals surface area contributed by atoms with Gasteiger partial charge in [-0.05, 0) is 49.1 Å². The van der Waals surface area contributed by atoms with E-state index in [1.807, 2.05) is 24.3 Å².